The molecule has 1 amide bonds. The van der Waals surface area contributed by atoms with Crippen molar-refractivity contribution in [1.82, 2.24) is 4.90 Å². The van der Waals surface area contributed by atoms with E-state index in [1.54, 1.807) is 39.5 Å². The molecule has 0 aliphatic carbocycles. The molecule has 2 rings (SSSR count). The zero-order valence-corrected chi connectivity index (χ0v) is 14.3. The number of hydrogen-bond donors (Lipinski definition) is 0. The van der Waals surface area contributed by atoms with Crippen molar-refractivity contribution in [3.8, 4) is 17.2 Å². The number of piperidine rings is 1. The molecule has 5 heteroatoms. The Morgan fingerprint density at radius 1 is 1.09 bits per heavy atom. The maximum absolute atomic E-state index is 12.3. The van der Waals surface area contributed by atoms with E-state index in [4.69, 9.17) is 14.2 Å². The molecule has 0 radical (unpaired) electrons. The Labute approximate surface area is 137 Å². The summed E-state index contributed by atoms with van der Waals surface area (Å²) in [6, 6.07) is 3.65. The molecule has 126 valence electrons. The lowest BCUT2D eigenvalue weighted by atomic mass is 9.99. The van der Waals surface area contributed by atoms with Gasteiger partial charge in [-0.2, -0.15) is 0 Å². The Kier molecular flexibility index (Phi) is 5.90. The maximum atomic E-state index is 12.3. The number of likely N-dealkylation sites (tertiary alicyclic amines) is 1. The van der Waals surface area contributed by atoms with E-state index < -0.39 is 0 Å². The monoisotopic (exact) mass is 319 g/mol. The highest BCUT2D eigenvalue weighted by atomic mass is 16.5. The van der Waals surface area contributed by atoms with Crippen LogP contribution in [-0.4, -0.2) is 45.2 Å². The lowest BCUT2D eigenvalue weighted by molar-refractivity contribution is -0.127. The zero-order valence-electron chi connectivity index (χ0n) is 14.3. The molecule has 1 aromatic carbocycles. The van der Waals surface area contributed by atoms with E-state index in [9.17, 15) is 4.79 Å². The van der Waals surface area contributed by atoms with Gasteiger partial charge in [-0.15, -0.1) is 0 Å². The quantitative estimate of drug-likeness (QED) is 0.783. The average molecular weight is 319 g/mol. The van der Waals surface area contributed by atoms with E-state index in [-0.39, 0.29) is 5.91 Å². The second-order valence-corrected chi connectivity index (χ2v) is 5.76. The first-order valence-electron chi connectivity index (χ1n) is 7.86. The molecule has 23 heavy (non-hydrogen) atoms. The molecule has 1 aliphatic heterocycles. The second-order valence-electron chi connectivity index (χ2n) is 5.76. The van der Waals surface area contributed by atoms with Gasteiger partial charge in [-0.05, 0) is 37.0 Å². The van der Waals surface area contributed by atoms with Crippen LogP contribution in [0, 0.1) is 5.92 Å². The molecule has 0 aromatic heterocycles. The topological polar surface area (TPSA) is 48.0 Å². The molecule has 0 saturated carbocycles. The van der Waals surface area contributed by atoms with Crippen LogP contribution in [0.25, 0.3) is 6.08 Å². The summed E-state index contributed by atoms with van der Waals surface area (Å²) < 4.78 is 16.0. The number of ether oxygens (including phenoxy) is 3. The van der Waals surface area contributed by atoms with Crippen LogP contribution in [0.15, 0.2) is 18.2 Å². The normalized spacial score (nSPS) is 15.7. The highest BCUT2D eigenvalue weighted by Gasteiger charge is 2.19. The predicted molar refractivity (Wildman–Crippen MR) is 90.1 cm³/mol. The lowest BCUT2D eigenvalue weighted by Crippen LogP contribution is -2.36. The van der Waals surface area contributed by atoms with Gasteiger partial charge >= 0.3 is 0 Å². The number of carbonyl (C=O) groups excluding carboxylic acids is 1. The van der Waals surface area contributed by atoms with Crippen LogP contribution >= 0.6 is 0 Å². The fraction of sp³-hybridized carbons (Fsp3) is 0.500. The molecular weight excluding hydrogens is 294 g/mol. The molecule has 0 spiro atoms. The van der Waals surface area contributed by atoms with Crippen molar-refractivity contribution in [3.05, 3.63) is 23.8 Å². The van der Waals surface area contributed by atoms with E-state index in [0.29, 0.717) is 23.2 Å². The molecule has 1 aliphatic rings. The molecular formula is C18H25NO4. The van der Waals surface area contributed by atoms with Crippen molar-refractivity contribution in [2.24, 2.45) is 5.92 Å². The van der Waals surface area contributed by atoms with Crippen LogP contribution in [0.2, 0.25) is 0 Å². The van der Waals surface area contributed by atoms with E-state index in [2.05, 4.69) is 6.92 Å². The van der Waals surface area contributed by atoms with Crippen molar-refractivity contribution in [2.45, 2.75) is 19.8 Å². The summed E-state index contributed by atoms with van der Waals surface area (Å²) in [6.07, 6.45) is 5.50. The summed E-state index contributed by atoms with van der Waals surface area (Å²) in [4.78, 5) is 14.2. The van der Waals surface area contributed by atoms with Crippen molar-refractivity contribution >= 4 is 12.0 Å². The molecule has 1 saturated heterocycles. The Bertz CT molecular complexity index is 575. The molecule has 0 atom stereocenters. The largest absolute Gasteiger partial charge is 0.493 e. The first-order valence-corrected chi connectivity index (χ1v) is 7.86. The van der Waals surface area contributed by atoms with Crippen molar-refractivity contribution < 1.29 is 19.0 Å². The summed E-state index contributed by atoms with van der Waals surface area (Å²) >= 11 is 0. The first-order chi connectivity index (χ1) is 11.1. The molecule has 0 unspecified atom stereocenters. The summed E-state index contributed by atoms with van der Waals surface area (Å²) in [5, 5.41) is 0. The standard InChI is InChI=1S/C18H25NO4/c1-13-9-11-19(12-10-13)16(20)8-6-14-5-7-15(21-2)18(23-4)17(14)22-3/h5-8,13H,9-12H2,1-4H3/b8-6+. The van der Waals surface area contributed by atoms with Crippen LogP contribution in [0.1, 0.15) is 25.3 Å². The van der Waals surface area contributed by atoms with Crippen molar-refractivity contribution in [2.75, 3.05) is 34.4 Å². The maximum Gasteiger partial charge on any atom is 0.246 e. The predicted octanol–water partition coefficient (Wildman–Crippen LogP) is 2.98. The van der Waals surface area contributed by atoms with Crippen LogP contribution in [0.3, 0.4) is 0 Å². The highest BCUT2D eigenvalue weighted by Crippen LogP contribution is 2.40. The number of nitrogens with zero attached hydrogens (tertiary/aromatic N) is 1. The first kappa shape index (κ1) is 17.2. The SMILES string of the molecule is COc1ccc(/C=C/C(=O)N2CCC(C)CC2)c(OC)c1OC. The minimum atomic E-state index is 0.0359. The number of hydrogen-bond acceptors (Lipinski definition) is 4. The van der Waals surface area contributed by atoms with Gasteiger partial charge in [-0.3, -0.25) is 4.79 Å². The van der Waals surface area contributed by atoms with E-state index in [0.717, 1.165) is 31.5 Å². The summed E-state index contributed by atoms with van der Waals surface area (Å²) in [5.74, 6) is 2.42. The number of carbonyl (C=O) groups is 1. The Balaban J connectivity index is 2.17. The number of amides is 1. The fourth-order valence-corrected chi connectivity index (χ4v) is 2.75. The Morgan fingerprint density at radius 2 is 1.74 bits per heavy atom. The minimum absolute atomic E-state index is 0.0359. The molecule has 1 heterocycles. The van der Waals surface area contributed by atoms with Crippen LogP contribution in [0.4, 0.5) is 0 Å². The van der Waals surface area contributed by atoms with Gasteiger partial charge in [0, 0.05) is 24.7 Å². The van der Waals surface area contributed by atoms with Gasteiger partial charge in [0.05, 0.1) is 21.3 Å². The second kappa shape index (κ2) is 7.90. The highest BCUT2D eigenvalue weighted by molar-refractivity contribution is 5.92. The van der Waals surface area contributed by atoms with Gasteiger partial charge in [-0.25, -0.2) is 0 Å². The van der Waals surface area contributed by atoms with Gasteiger partial charge < -0.3 is 19.1 Å². The van der Waals surface area contributed by atoms with Crippen molar-refractivity contribution in [3.63, 3.8) is 0 Å². The van der Waals surface area contributed by atoms with E-state index >= 15 is 0 Å². The Morgan fingerprint density at radius 3 is 2.30 bits per heavy atom. The van der Waals surface area contributed by atoms with Crippen LogP contribution in [-0.2, 0) is 4.79 Å². The molecule has 0 bridgehead atoms. The number of rotatable bonds is 5. The van der Waals surface area contributed by atoms with Gasteiger partial charge in [0.25, 0.3) is 0 Å². The van der Waals surface area contributed by atoms with Gasteiger partial charge in [-0.1, -0.05) is 6.92 Å². The fourth-order valence-electron chi connectivity index (χ4n) is 2.75. The molecule has 1 fully saturated rings. The van der Waals surface area contributed by atoms with E-state index in [1.807, 2.05) is 11.0 Å². The van der Waals surface area contributed by atoms with Crippen molar-refractivity contribution in [1.29, 1.82) is 0 Å². The minimum Gasteiger partial charge on any atom is -0.493 e. The van der Waals surface area contributed by atoms with Crippen LogP contribution < -0.4 is 14.2 Å². The summed E-state index contributed by atoms with van der Waals surface area (Å²) in [5.41, 5.74) is 0.781. The summed E-state index contributed by atoms with van der Waals surface area (Å²) in [6.45, 7) is 3.88. The number of benzene rings is 1. The third-order valence-electron chi connectivity index (χ3n) is 4.24. The zero-order chi connectivity index (χ0) is 16.8. The molecule has 1 aromatic rings. The Hall–Kier alpha value is -2.17. The number of methoxy groups -OCH3 is 3. The van der Waals surface area contributed by atoms with E-state index in [1.165, 1.54) is 0 Å². The van der Waals surface area contributed by atoms with Gasteiger partial charge in [0.15, 0.2) is 11.5 Å². The van der Waals surface area contributed by atoms with Gasteiger partial charge in [0.1, 0.15) is 0 Å². The summed E-state index contributed by atoms with van der Waals surface area (Å²) in [7, 11) is 4.71. The average Bonchev–Trinajstić information content (AvgIpc) is 2.59. The third kappa shape index (κ3) is 3.97. The molecule has 0 N–H and O–H groups in total. The third-order valence-corrected chi connectivity index (χ3v) is 4.24. The lowest BCUT2D eigenvalue weighted by Gasteiger charge is -2.29. The van der Waals surface area contributed by atoms with Crippen LogP contribution in [0.5, 0.6) is 17.2 Å². The smallest absolute Gasteiger partial charge is 0.246 e. The molecule has 5 nitrogen and oxygen atoms in total. The van der Waals surface area contributed by atoms with Gasteiger partial charge in [0.2, 0.25) is 11.7 Å².